The molecule has 0 aromatic carbocycles. The lowest BCUT2D eigenvalue weighted by Crippen LogP contribution is -2.59. The van der Waals surface area contributed by atoms with Gasteiger partial charge >= 0.3 is 11.9 Å². The summed E-state index contributed by atoms with van der Waals surface area (Å²) in [5.74, 6) is -5.15. The minimum atomic E-state index is -1.64. The van der Waals surface area contributed by atoms with Gasteiger partial charge < -0.3 is 31.9 Å². The Morgan fingerprint density at radius 1 is 0.903 bits per heavy atom. The SMILES string of the molecule is CCC(C)C(NC(=O)C(N)CS)C(=O)NC(CC(C)C)C(=O)NC(CC(=O)O)C(=O)O. The van der Waals surface area contributed by atoms with Crippen LogP contribution in [-0.4, -0.2) is 69.8 Å². The number of hydrogen-bond donors (Lipinski definition) is 7. The maximum atomic E-state index is 12.9. The molecular weight excluding hydrogens is 428 g/mol. The topological polar surface area (TPSA) is 188 Å². The first-order valence-electron chi connectivity index (χ1n) is 10.1. The molecule has 0 rings (SSSR count). The Morgan fingerprint density at radius 3 is 1.87 bits per heavy atom. The number of hydrogen-bond acceptors (Lipinski definition) is 7. The van der Waals surface area contributed by atoms with Crippen LogP contribution >= 0.6 is 12.6 Å². The van der Waals surface area contributed by atoms with Gasteiger partial charge in [-0.1, -0.05) is 34.1 Å². The quantitative estimate of drug-likeness (QED) is 0.166. The van der Waals surface area contributed by atoms with Crippen LogP contribution in [0, 0.1) is 11.8 Å². The molecule has 0 fully saturated rings. The lowest BCUT2D eigenvalue weighted by atomic mass is 9.96. The van der Waals surface area contributed by atoms with E-state index in [-0.39, 0.29) is 24.0 Å². The average molecular weight is 463 g/mol. The molecule has 0 aliphatic heterocycles. The molecule has 0 saturated carbocycles. The second-order valence-electron chi connectivity index (χ2n) is 7.85. The predicted molar refractivity (Wildman–Crippen MR) is 116 cm³/mol. The zero-order valence-electron chi connectivity index (χ0n) is 18.3. The van der Waals surface area contributed by atoms with Crippen LogP contribution in [0.3, 0.4) is 0 Å². The van der Waals surface area contributed by atoms with Crippen molar-refractivity contribution in [2.45, 2.75) is 71.1 Å². The van der Waals surface area contributed by atoms with Crippen molar-refractivity contribution >= 4 is 42.3 Å². The molecule has 0 spiro atoms. The normalized spacial score (nSPS) is 15.8. The number of rotatable bonds is 14. The molecular formula is C19H34N4O7S. The van der Waals surface area contributed by atoms with E-state index >= 15 is 0 Å². The molecule has 31 heavy (non-hydrogen) atoms. The number of carboxylic acid groups (broad SMARTS) is 2. The maximum Gasteiger partial charge on any atom is 0.326 e. The third kappa shape index (κ3) is 10.5. The molecule has 0 heterocycles. The zero-order valence-corrected chi connectivity index (χ0v) is 19.1. The molecule has 12 heteroatoms. The smallest absolute Gasteiger partial charge is 0.326 e. The van der Waals surface area contributed by atoms with E-state index in [2.05, 4.69) is 28.6 Å². The summed E-state index contributed by atoms with van der Waals surface area (Å²) in [7, 11) is 0. The Kier molecular flexibility index (Phi) is 12.8. The van der Waals surface area contributed by atoms with Crippen LogP contribution in [0.15, 0.2) is 0 Å². The van der Waals surface area contributed by atoms with Gasteiger partial charge in [-0.2, -0.15) is 12.6 Å². The predicted octanol–water partition coefficient (Wildman–Crippen LogP) is -0.651. The third-order valence-corrected chi connectivity index (χ3v) is 5.05. The molecule has 0 aromatic heterocycles. The first-order valence-corrected chi connectivity index (χ1v) is 10.7. The first-order chi connectivity index (χ1) is 14.3. The lowest BCUT2D eigenvalue weighted by Gasteiger charge is -2.28. The van der Waals surface area contributed by atoms with Crippen LogP contribution in [0.1, 0.15) is 47.0 Å². The van der Waals surface area contributed by atoms with Crippen LogP contribution in [0.25, 0.3) is 0 Å². The van der Waals surface area contributed by atoms with Crippen LogP contribution < -0.4 is 21.7 Å². The van der Waals surface area contributed by atoms with Gasteiger partial charge in [-0.3, -0.25) is 19.2 Å². The molecule has 5 unspecified atom stereocenters. The summed E-state index contributed by atoms with van der Waals surface area (Å²) < 4.78 is 0. The van der Waals surface area contributed by atoms with Crippen molar-refractivity contribution in [3.05, 3.63) is 0 Å². The van der Waals surface area contributed by atoms with Gasteiger partial charge in [-0.15, -0.1) is 0 Å². The Balaban J connectivity index is 5.54. The van der Waals surface area contributed by atoms with Crippen molar-refractivity contribution in [2.75, 3.05) is 5.75 Å². The summed E-state index contributed by atoms with van der Waals surface area (Å²) >= 11 is 3.97. The van der Waals surface area contributed by atoms with Gasteiger partial charge in [-0.25, -0.2) is 4.79 Å². The van der Waals surface area contributed by atoms with Gasteiger partial charge in [-0.05, 0) is 18.3 Å². The molecule has 11 nitrogen and oxygen atoms in total. The molecule has 178 valence electrons. The molecule has 0 aliphatic carbocycles. The van der Waals surface area contributed by atoms with E-state index in [0.29, 0.717) is 6.42 Å². The van der Waals surface area contributed by atoms with E-state index in [1.807, 2.05) is 6.92 Å². The second kappa shape index (κ2) is 13.9. The molecule has 0 bridgehead atoms. The van der Waals surface area contributed by atoms with E-state index in [0.717, 1.165) is 0 Å². The fraction of sp³-hybridized carbons (Fsp3) is 0.737. The van der Waals surface area contributed by atoms with Crippen LogP contribution in [0.4, 0.5) is 0 Å². The lowest BCUT2D eigenvalue weighted by molar-refractivity contribution is -0.147. The summed E-state index contributed by atoms with van der Waals surface area (Å²) in [4.78, 5) is 59.8. The van der Waals surface area contributed by atoms with E-state index < -0.39 is 60.2 Å². The summed E-state index contributed by atoms with van der Waals surface area (Å²) in [5, 5.41) is 25.3. The van der Waals surface area contributed by atoms with Crippen molar-refractivity contribution < 1.29 is 34.2 Å². The number of carbonyl (C=O) groups is 5. The third-order valence-electron chi connectivity index (χ3n) is 4.66. The Labute approximate surface area is 187 Å². The van der Waals surface area contributed by atoms with Crippen molar-refractivity contribution in [1.29, 1.82) is 0 Å². The van der Waals surface area contributed by atoms with Gasteiger partial charge in [0, 0.05) is 5.75 Å². The Morgan fingerprint density at radius 2 is 1.45 bits per heavy atom. The summed E-state index contributed by atoms with van der Waals surface area (Å²) in [6.45, 7) is 7.19. The van der Waals surface area contributed by atoms with Crippen LogP contribution in [0.2, 0.25) is 0 Å². The maximum absolute atomic E-state index is 12.9. The number of carboxylic acids is 2. The standard InChI is InChI=1S/C19H34N4O7S/c1-5-10(4)15(23-16(26)11(20)8-31)18(28)21-12(6-9(2)3)17(27)22-13(19(29)30)7-14(24)25/h9-13,15,31H,5-8,20H2,1-4H3,(H,21,28)(H,22,27)(H,23,26)(H,24,25)(H,29,30). The van der Waals surface area contributed by atoms with Gasteiger partial charge in [0.25, 0.3) is 0 Å². The van der Waals surface area contributed by atoms with E-state index in [1.165, 1.54) is 0 Å². The van der Waals surface area contributed by atoms with Gasteiger partial charge in [0.2, 0.25) is 17.7 Å². The fourth-order valence-corrected chi connectivity index (χ4v) is 2.82. The highest BCUT2D eigenvalue weighted by molar-refractivity contribution is 7.80. The van der Waals surface area contributed by atoms with Crippen molar-refractivity contribution in [3.8, 4) is 0 Å². The van der Waals surface area contributed by atoms with Gasteiger partial charge in [0.15, 0.2) is 0 Å². The highest BCUT2D eigenvalue weighted by Crippen LogP contribution is 2.11. The molecule has 0 aliphatic rings. The minimum absolute atomic E-state index is 0.0481. The van der Waals surface area contributed by atoms with Crippen molar-refractivity contribution in [1.82, 2.24) is 16.0 Å². The number of carbonyl (C=O) groups excluding carboxylic acids is 3. The van der Waals surface area contributed by atoms with Crippen LogP contribution in [-0.2, 0) is 24.0 Å². The van der Waals surface area contributed by atoms with Crippen molar-refractivity contribution in [2.24, 2.45) is 17.6 Å². The van der Waals surface area contributed by atoms with E-state index in [1.54, 1.807) is 20.8 Å². The second-order valence-corrected chi connectivity index (χ2v) is 8.21. The molecule has 7 N–H and O–H groups in total. The van der Waals surface area contributed by atoms with E-state index in [9.17, 15) is 24.0 Å². The number of aliphatic carboxylic acids is 2. The number of thiol groups is 1. The highest BCUT2D eigenvalue weighted by atomic mass is 32.1. The number of amides is 3. The van der Waals surface area contributed by atoms with Gasteiger partial charge in [0.1, 0.15) is 18.1 Å². The molecule has 0 aromatic rings. The summed E-state index contributed by atoms with van der Waals surface area (Å²) in [6.07, 6.45) is -0.0832. The number of nitrogens with two attached hydrogens (primary N) is 1. The Bertz CT molecular complexity index is 659. The molecule has 3 amide bonds. The molecule has 0 radical (unpaired) electrons. The molecule has 0 saturated heterocycles. The average Bonchev–Trinajstić information content (AvgIpc) is 2.68. The monoisotopic (exact) mass is 462 g/mol. The highest BCUT2D eigenvalue weighted by Gasteiger charge is 2.33. The largest absolute Gasteiger partial charge is 0.481 e. The first kappa shape index (κ1) is 28.7. The number of nitrogens with one attached hydrogen (secondary N) is 3. The summed E-state index contributed by atoms with van der Waals surface area (Å²) in [6, 6.07) is -4.65. The minimum Gasteiger partial charge on any atom is -0.481 e. The molecule has 5 atom stereocenters. The summed E-state index contributed by atoms with van der Waals surface area (Å²) in [5.41, 5.74) is 5.66. The Hall–Kier alpha value is -2.34. The van der Waals surface area contributed by atoms with E-state index in [4.69, 9.17) is 15.9 Å². The zero-order chi connectivity index (χ0) is 24.3. The van der Waals surface area contributed by atoms with Crippen molar-refractivity contribution in [3.63, 3.8) is 0 Å². The van der Waals surface area contributed by atoms with Crippen LogP contribution in [0.5, 0.6) is 0 Å². The van der Waals surface area contributed by atoms with Gasteiger partial charge in [0.05, 0.1) is 12.5 Å². The fourth-order valence-electron chi connectivity index (χ4n) is 2.66.